The summed E-state index contributed by atoms with van der Waals surface area (Å²) in [5.41, 5.74) is 5.15. The summed E-state index contributed by atoms with van der Waals surface area (Å²) in [6.45, 7) is 1.89. The van der Waals surface area contributed by atoms with Gasteiger partial charge in [-0.05, 0) is 0 Å². The Balaban J connectivity index is 2.84. The zero-order chi connectivity index (χ0) is 7.82. The lowest BCUT2D eigenvalue weighted by Gasteiger charge is -2.05. The second-order valence-corrected chi connectivity index (χ2v) is 2.21. The van der Waals surface area contributed by atoms with Crippen LogP contribution in [0.2, 0.25) is 0 Å². The number of nitrogens with two attached hydrogens (primary N) is 1. The van der Waals surface area contributed by atoms with Crippen LogP contribution in [-0.2, 0) is 15.5 Å². The monoisotopic (exact) mass is 167 g/mol. The fourth-order valence-corrected chi connectivity index (χ4v) is 0.628. The fraction of sp³-hybridized carbons (Fsp3) is 1.00. The van der Waals surface area contributed by atoms with Gasteiger partial charge in [0.2, 0.25) is 0 Å². The molecule has 0 aliphatic heterocycles. The van der Waals surface area contributed by atoms with E-state index in [1.807, 2.05) is 0 Å². The normalized spacial score (nSPS) is 13.4. The molecule has 0 fully saturated rings. The standard InChI is InChI=1S/C4H12N2O3S/c5-1-2-6-3-4-9-10(7)8/h6H,1-5H2,(H,7,8)/p-1. The van der Waals surface area contributed by atoms with Crippen molar-refractivity contribution in [3.8, 4) is 0 Å². The van der Waals surface area contributed by atoms with E-state index >= 15 is 0 Å². The molecule has 5 nitrogen and oxygen atoms in total. The molecule has 10 heavy (non-hydrogen) atoms. The van der Waals surface area contributed by atoms with Crippen LogP contribution >= 0.6 is 0 Å². The summed E-state index contributed by atoms with van der Waals surface area (Å²) >= 11 is -2.39. The molecule has 0 aliphatic rings. The highest BCUT2D eigenvalue weighted by Crippen LogP contribution is 1.75. The molecule has 0 heterocycles. The molecule has 0 bridgehead atoms. The van der Waals surface area contributed by atoms with Crippen LogP contribution in [0.15, 0.2) is 0 Å². The molecule has 6 heteroatoms. The van der Waals surface area contributed by atoms with Gasteiger partial charge in [-0.1, -0.05) is 0 Å². The first kappa shape index (κ1) is 9.99. The molecular weight excluding hydrogens is 156 g/mol. The average Bonchev–Trinajstić information content (AvgIpc) is 1.87. The van der Waals surface area contributed by atoms with Crippen molar-refractivity contribution in [2.45, 2.75) is 0 Å². The van der Waals surface area contributed by atoms with Crippen molar-refractivity contribution in [1.82, 2.24) is 5.32 Å². The summed E-state index contributed by atoms with van der Waals surface area (Å²) < 4.78 is 23.7. The highest BCUT2D eigenvalue weighted by atomic mass is 32.2. The quantitative estimate of drug-likeness (QED) is 0.365. The van der Waals surface area contributed by atoms with Crippen molar-refractivity contribution in [2.75, 3.05) is 26.2 Å². The Bertz CT molecular complexity index is 101. The molecule has 1 unspecified atom stereocenters. The molecule has 0 aromatic carbocycles. The van der Waals surface area contributed by atoms with E-state index in [2.05, 4.69) is 9.50 Å². The molecule has 0 rings (SSSR count). The van der Waals surface area contributed by atoms with Gasteiger partial charge >= 0.3 is 0 Å². The molecule has 0 spiro atoms. The molecule has 3 N–H and O–H groups in total. The van der Waals surface area contributed by atoms with Crippen molar-refractivity contribution >= 4 is 11.4 Å². The minimum absolute atomic E-state index is 0.163. The van der Waals surface area contributed by atoms with Gasteiger partial charge in [0, 0.05) is 19.6 Å². The van der Waals surface area contributed by atoms with Gasteiger partial charge in [0.15, 0.2) is 0 Å². The third-order valence-corrected chi connectivity index (χ3v) is 1.14. The SMILES string of the molecule is NCCNCCOS(=O)[O-]. The van der Waals surface area contributed by atoms with E-state index in [1.54, 1.807) is 0 Å². The van der Waals surface area contributed by atoms with Crippen LogP contribution in [0.5, 0.6) is 0 Å². The Kier molecular flexibility index (Phi) is 7.09. The topological polar surface area (TPSA) is 87.4 Å². The number of nitrogens with one attached hydrogen (secondary N) is 1. The average molecular weight is 167 g/mol. The maximum atomic E-state index is 9.76. The van der Waals surface area contributed by atoms with E-state index in [4.69, 9.17) is 5.73 Å². The van der Waals surface area contributed by atoms with Gasteiger partial charge in [0.05, 0.1) is 18.0 Å². The second kappa shape index (κ2) is 7.10. The van der Waals surface area contributed by atoms with Gasteiger partial charge in [-0.25, -0.2) is 4.21 Å². The summed E-state index contributed by atoms with van der Waals surface area (Å²) in [6, 6.07) is 0. The first-order chi connectivity index (χ1) is 4.77. The van der Waals surface area contributed by atoms with Crippen LogP contribution in [0.1, 0.15) is 0 Å². The van der Waals surface area contributed by atoms with Crippen molar-refractivity contribution in [3.63, 3.8) is 0 Å². The highest BCUT2D eigenvalue weighted by molar-refractivity contribution is 7.74. The molecule has 1 atom stereocenters. The molecule has 0 saturated carbocycles. The van der Waals surface area contributed by atoms with Crippen LogP contribution in [-0.4, -0.2) is 35.0 Å². The molecule has 0 aromatic heterocycles. The third-order valence-electron chi connectivity index (χ3n) is 0.780. The van der Waals surface area contributed by atoms with Gasteiger partial charge in [-0.2, -0.15) is 0 Å². The van der Waals surface area contributed by atoms with Crippen molar-refractivity contribution in [1.29, 1.82) is 0 Å². The lowest BCUT2D eigenvalue weighted by atomic mass is 10.6. The number of hydrogen-bond donors (Lipinski definition) is 2. The van der Waals surface area contributed by atoms with Crippen LogP contribution in [0.4, 0.5) is 0 Å². The second-order valence-electron chi connectivity index (χ2n) is 1.56. The van der Waals surface area contributed by atoms with Gasteiger partial charge in [-0.3, -0.25) is 4.18 Å². The Morgan fingerprint density at radius 1 is 1.60 bits per heavy atom. The van der Waals surface area contributed by atoms with Crippen LogP contribution in [0.25, 0.3) is 0 Å². The Morgan fingerprint density at radius 3 is 2.80 bits per heavy atom. The van der Waals surface area contributed by atoms with E-state index in [0.717, 1.165) is 0 Å². The molecule has 0 saturated heterocycles. The summed E-state index contributed by atoms with van der Waals surface area (Å²) in [4.78, 5) is 0. The predicted octanol–water partition coefficient (Wildman–Crippen LogP) is -1.65. The zero-order valence-corrected chi connectivity index (χ0v) is 6.36. The van der Waals surface area contributed by atoms with Crippen LogP contribution < -0.4 is 11.1 Å². The summed E-state index contributed by atoms with van der Waals surface area (Å²) in [5.74, 6) is 0. The molecule has 0 radical (unpaired) electrons. The molecule has 0 amide bonds. The van der Waals surface area contributed by atoms with E-state index < -0.39 is 11.4 Å². The van der Waals surface area contributed by atoms with Gasteiger partial charge in [0.25, 0.3) is 0 Å². The Hall–Kier alpha value is -0.0100. The van der Waals surface area contributed by atoms with Crippen molar-refractivity contribution in [2.24, 2.45) is 5.73 Å². The lowest BCUT2D eigenvalue weighted by Crippen LogP contribution is -2.26. The first-order valence-electron chi connectivity index (χ1n) is 2.90. The minimum atomic E-state index is -2.39. The van der Waals surface area contributed by atoms with E-state index in [1.165, 1.54) is 0 Å². The number of rotatable bonds is 6. The maximum absolute atomic E-state index is 9.76. The Labute approximate surface area is 62.4 Å². The Morgan fingerprint density at radius 2 is 2.30 bits per heavy atom. The maximum Gasteiger partial charge on any atom is 0.0842 e. The molecule has 0 aromatic rings. The predicted molar refractivity (Wildman–Crippen MR) is 36.8 cm³/mol. The van der Waals surface area contributed by atoms with Crippen molar-refractivity contribution < 1.29 is 12.9 Å². The molecule has 0 aliphatic carbocycles. The fourth-order valence-electron chi connectivity index (χ4n) is 0.409. The largest absolute Gasteiger partial charge is 0.750 e. The lowest BCUT2D eigenvalue weighted by molar-refractivity contribution is 0.299. The van der Waals surface area contributed by atoms with E-state index in [0.29, 0.717) is 19.6 Å². The van der Waals surface area contributed by atoms with Crippen LogP contribution in [0, 0.1) is 0 Å². The van der Waals surface area contributed by atoms with Gasteiger partial charge < -0.3 is 15.6 Å². The van der Waals surface area contributed by atoms with Crippen molar-refractivity contribution in [3.05, 3.63) is 0 Å². The molecular formula is C4H11N2O3S-. The summed E-state index contributed by atoms with van der Waals surface area (Å²) in [7, 11) is 0. The van der Waals surface area contributed by atoms with E-state index in [-0.39, 0.29) is 6.61 Å². The first-order valence-corrected chi connectivity index (χ1v) is 3.90. The van der Waals surface area contributed by atoms with Gasteiger partial charge in [-0.15, -0.1) is 0 Å². The minimum Gasteiger partial charge on any atom is -0.750 e. The number of hydrogen-bond acceptors (Lipinski definition) is 5. The van der Waals surface area contributed by atoms with E-state index in [9.17, 15) is 8.76 Å². The molecule has 62 valence electrons. The summed E-state index contributed by atoms with van der Waals surface area (Å²) in [5, 5.41) is 2.87. The smallest absolute Gasteiger partial charge is 0.0842 e. The zero-order valence-electron chi connectivity index (χ0n) is 5.54. The highest BCUT2D eigenvalue weighted by Gasteiger charge is 1.85. The van der Waals surface area contributed by atoms with Crippen LogP contribution in [0.3, 0.4) is 0 Å². The third kappa shape index (κ3) is 7.99. The summed E-state index contributed by atoms with van der Waals surface area (Å²) in [6.07, 6.45) is 0. The van der Waals surface area contributed by atoms with Gasteiger partial charge in [0.1, 0.15) is 0 Å².